The molecule has 2 aromatic rings. The Kier molecular flexibility index (Phi) is 4.15. The molecule has 2 rings (SSSR count). The molecule has 0 amide bonds. The minimum absolute atomic E-state index is 0.103. The molecule has 0 radical (unpaired) electrons. The summed E-state index contributed by atoms with van der Waals surface area (Å²) in [7, 11) is 0. The van der Waals surface area contributed by atoms with E-state index in [4.69, 9.17) is 0 Å². The summed E-state index contributed by atoms with van der Waals surface area (Å²) in [5.41, 5.74) is 2.86. The van der Waals surface area contributed by atoms with Crippen LogP contribution in [-0.4, -0.2) is 10.8 Å². The van der Waals surface area contributed by atoms with Crippen LogP contribution < -0.4 is 0 Å². The Hall–Kier alpha value is -1.61. The highest BCUT2D eigenvalue weighted by Crippen LogP contribution is 2.23. The first-order chi connectivity index (χ1) is 8.65. The van der Waals surface area contributed by atoms with Gasteiger partial charge in [-0.25, -0.2) is 0 Å². The number of aryl methyl sites for hydroxylation is 1. The summed E-state index contributed by atoms with van der Waals surface area (Å²) >= 11 is 1.70. The van der Waals surface area contributed by atoms with Crippen molar-refractivity contribution in [1.29, 1.82) is 0 Å². The van der Waals surface area contributed by atoms with Crippen LogP contribution in [0.2, 0.25) is 0 Å². The maximum Gasteiger partial charge on any atom is 0.159 e. The second-order valence-electron chi connectivity index (χ2n) is 4.14. The zero-order valence-corrected chi connectivity index (χ0v) is 11.3. The maximum atomic E-state index is 11.3. The van der Waals surface area contributed by atoms with Gasteiger partial charge in [-0.15, -0.1) is 11.8 Å². The van der Waals surface area contributed by atoms with Crippen molar-refractivity contribution in [1.82, 2.24) is 4.98 Å². The van der Waals surface area contributed by atoms with E-state index in [2.05, 4.69) is 4.98 Å². The predicted molar refractivity (Wildman–Crippen MR) is 75.0 cm³/mol. The fourth-order valence-electron chi connectivity index (χ4n) is 1.64. The normalized spacial score (nSPS) is 10.3. The molecule has 0 saturated carbocycles. The molecule has 0 fully saturated rings. The van der Waals surface area contributed by atoms with Gasteiger partial charge >= 0.3 is 0 Å². The van der Waals surface area contributed by atoms with E-state index < -0.39 is 0 Å². The lowest BCUT2D eigenvalue weighted by molar-refractivity contribution is 0.101. The van der Waals surface area contributed by atoms with Crippen LogP contribution in [0.1, 0.15) is 28.7 Å². The van der Waals surface area contributed by atoms with E-state index in [1.165, 1.54) is 0 Å². The number of pyridine rings is 1. The van der Waals surface area contributed by atoms with Crippen LogP contribution in [-0.2, 0) is 5.75 Å². The molecule has 0 aliphatic carbocycles. The van der Waals surface area contributed by atoms with E-state index in [-0.39, 0.29) is 5.78 Å². The molecule has 1 aromatic carbocycles. The highest BCUT2D eigenvalue weighted by atomic mass is 32.2. The number of hydrogen-bond acceptors (Lipinski definition) is 3. The van der Waals surface area contributed by atoms with Crippen molar-refractivity contribution in [3.63, 3.8) is 0 Å². The first-order valence-corrected chi connectivity index (χ1v) is 6.80. The number of hydrogen-bond donors (Lipinski definition) is 0. The van der Waals surface area contributed by atoms with Crippen molar-refractivity contribution in [2.24, 2.45) is 0 Å². The molecule has 0 unspecified atom stereocenters. The summed E-state index contributed by atoms with van der Waals surface area (Å²) in [4.78, 5) is 16.9. The summed E-state index contributed by atoms with van der Waals surface area (Å²) in [6, 6.07) is 13.7. The Morgan fingerprint density at radius 2 is 2.00 bits per heavy atom. The number of carbonyl (C=O) groups is 1. The van der Waals surface area contributed by atoms with Gasteiger partial charge in [-0.3, -0.25) is 9.78 Å². The van der Waals surface area contributed by atoms with E-state index >= 15 is 0 Å². The van der Waals surface area contributed by atoms with Crippen LogP contribution >= 0.6 is 11.8 Å². The molecular formula is C15H15NOS. The minimum atomic E-state index is 0.103. The molecule has 0 aliphatic heterocycles. The lowest BCUT2D eigenvalue weighted by atomic mass is 10.2. The Bertz CT molecular complexity index is 566. The van der Waals surface area contributed by atoms with Gasteiger partial charge < -0.3 is 0 Å². The van der Waals surface area contributed by atoms with Crippen LogP contribution in [0, 0.1) is 6.92 Å². The third-order valence-corrected chi connectivity index (χ3v) is 3.60. The summed E-state index contributed by atoms with van der Waals surface area (Å²) in [5.74, 6) is 0.925. The minimum Gasteiger partial charge on any atom is -0.295 e. The average molecular weight is 257 g/mol. The smallest absolute Gasteiger partial charge is 0.159 e. The number of thioether (sulfide) groups is 1. The zero-order chi connectivity index (χ0) is 13.0. The van der Waals surface area contributed by atoms with Crippen LogP contribution in [0.25, 0.3) is 0 Å². The fourth-order valence-corrected chi connectivity index (χ4v) is 2.50. The second kappa shape index (κ2) is 5.83. The highest BCUT2D eigenvalue weighted by molar-refractivity contribution is 7.98. The quantitative estimate of drug-likeness (QED) is 0.615. The third kappa shape index (κ3) is 3.44. The van der Waals surface area contributed by atoms with Gasteiger partial charge in [0.2, 0.25) is 0 Å². The SMILES string of the molecule is CC(=O)c1cccc(SCc2cccc(C)n2)c1. The number of Topliss-reactive ketones (excluding diaryl/α,β-unsaturated/α-hetero) is 1. The number of benzene rings is 1. The summed E-state index contributed by atoms with van der Waals surface area (Å²) in [6.45, 7) is 3.58. The molecule has 92 valence electrons. The number of nitrogens with zero attached hydrogens (tertiary/aromatic N) is 1. The van der Waals surface area contributed by atoms with Crippen molar-refractivity contribution in [3.05, 3.63) is 59.4 Å². The monoisotopic (exact) mass is 257 g/mol. The molecule has 0 spiro atoms. The highest BCUT2D eigenvalue weighted by Gasteiger charge is 2.02. The van der Waals surface area contributed by atoms with Crippen molar-refractivity contribution in [2.45, 2.75) is 24.5 Å². The topological polar surface area (TPSA) is 30.0 Å². The van der Waals surface area contributed by atoms with Gasteiger partial charge in [-0.1, -0.05) is 18.2 Å². The fraction of sp³-hybridized carbons (Fsp3) is 0.200. The number of aromatic nitrogens is 1. The summed E-state index contributed by atoms with van der Waals surface area (Å²) in [5, 5.41) is 0. The largest absolute Gasteiger partial charge is 0.295 e. The Balaban J connectivity index is 2.06. The second-order valence-corrected chi connectivity index (χ2v) is 5.19. The maximum absolute atomic E-state index is 11.3. The standard InChI is InChI=1S/C15H15NOS/c1-11-5-3-7-14(16-11)10-18-15-8-4-6-13(9-15)12(2)17/h3-9H,10H2,1-2H3. The summed E-state index contributed by atoms with van der Waals surface area (Å²) < 4.78 is 0. The molecule has 1 heterocycles. The van der Waals surface area contributed by atoms with Gasteiger partial charge in [0, 0.05) is 21.9 Å². The van der Waals surface area contributed by atoms with Gasteiger partial charge in [-0.2, -0.15) is 0 Å². The van der Waals surface area contributed by atoms with Gasteiger partial charge in [-0.05, 0) is 38.1 Å². The number of ketones is 1. The lowest BCUT2D eigenvalue weighted by Gasteiger charge is -2.04. The van der Waals surface area contributed by atoms with Crippen molar-refractivity contribution in [3.8, 4) is 0 Å². The van der Waals surface area contributed by atoms with Gasteiger partial charge in [0.15, 0.2) is 5.78 Å². The van der Waals surface area contributed by atoms with E-state index in [1.807, 2.05) is 49.4 Å². The van der Waals surface area contributed by atoms with Crippen molar-refractivity contribution >= 4 is 17.5 Å². The molecule has 18 heavy (non-hydrogen) atoms. The van der Waals surface area contributed by atoms with Crippen molar-refractivity contribution in [2.75, 3.05) is 0 Å². The first kappa shape index (κ1) is 12.8. The molecule has 0 bridgehead atoms. The lowest BCUT2D eigenvalue weighted by Crippen LogP contribution is -1.92. The van der Waals surface area contributed by atoms with Crippen LogP contribution in [0.4, 0.5) is 0 Å². The van der Waals surface area contributed by atoms with Crippen LogP contribution in [0.3, 0.4) is 0 Å². The number of carbonyl (C=O) groups excluding carboxylic acids is 1. The van der Waals surface area contributed by atoms with E-state index in [0.717, 1.165) is 27.6 Å². The third-order valence-electron chi connectivity index (χ3n) is 2.57. The van der Waals surface area contributed by atoms with E-state index in [0.29, 0.717) is 0 Å². The zero-order valence-electron chi connectivity index (χ0n) is 10.5. The average Bonchev–Trinajstić information content (AvgIpc) is 2.37. The molecule has 0 saturated heterocycles. The Morgan fingerprint density at radius 3 is 2.72 bits per heavy atom. The molecule has 0 aliphatic rings. The molecule has 2 nitrogen and oxygen atoms in total. The van der Waals surface area contributed by atoms with Gasteiger partial charge in [0.1, 0.15) is 0 Å². The van der Waals surface area contributed by atoms with Crippen molar-refractivity contribution < 1.29 is 4.79 Å². The van der Waals surface area contributed by atoms with Crippen LogP contribution in [0.15, 0.2) is 47.4 Å². The summed E-state index contributed by atoms with van der Waals surface area (Å²) in [6.07, 6.45) is 0. The van der Waals surface area contributed by atoms with Gasteiger partial charge in [0.05, 0.1) is 5.69 Å². The van der Waals surface area contributed by atoms with E-state index in [1.54, 1.807) is 18.7 Å². The number of rotatable bonds is 4. The van der Waals surface area contributed by atoms with Crippen LogP contribution in [0.5, 0.6) is 0 Å². The molecule has 3 heteroatoms. The van der Waals surface area contributed by atoms with Gasteiger partial charge in [0.25, 0.3) is 0 Å². The molecular weight excluding hydrogens is 242 g/mol. The van der Waals surface area contributed by atoms with E-state index in [9.17, 15) is 4.79 Å². The predicted octanol–water partition coefficient (Wildman–Crippen LogP) is 3.88. The Morgan fingerprint density at radius 1 is 1.22 bits per heavy atom. The molecule has 0 atom stereocenters. The Labute approximate surface area is 111 Å². The molecule has 0 N–H and O–H groups in total. The molecule has 1 aromatic heterocycles. The first-order valence-electron chi connectivity index (χ1n) is 5.81.